The Hall–Kier alpha value is -4.41. The van der Waals surface area contributed by atoms with Crippen molar-refractivity contribution in [3.05, 3.63) is 59.2 Å². The predicted octanol–water partition coefficient (Wildman–Crippen LogP) is 2.83. The van der Waals surface area contributed by atoms with Crippen molar-refractivity contribution >= 4 is 29.7 Å². The Labute approximate surface area is 202 Å². The van der Waals surface area contributed by atoms with Crippen LogP contribution in [0.3, 0.4) is 0 Å². The molecule has 11 heteroatoms. The molecule has 0 aromatic heterocycles. The highest BCUT2D eigenvalue weighted by atomic mass is 16.6. The molecule has 0 bridgehead atoms. The maximum absolute atomic E-state index is 12.3. The Bertz CT molecular complexity index is 1140. The molecular weight excluding hydrogens is 456 g/mol. The van der Waals surface area contributed by atoms with Gasteiger partial charge in [-0.2, -0.15) is 0 Å². The first-order valence-electron chi connectivity index (χ1n) is 10.5. The fraction of sp³-hybridized carbons (Fsp3) is 0.292. The van der Waals surface area contributed by atoms with E-state index in [1.54, 1.807) is 45.0 Å². The number of carbonyl (C=O) groups is 4. The van der Waals surface area contributed by atoms with Crippen LogP contribution in [0, 0.1) is 5.41 Å². The molecule has 0 aliphatic rings. The highest BCUT2D eigenvalue weighted by molar-refractivity contribution is 6.12. The zero-order chi connectivity index (χ0) is 26.3. The van der Waals surface area contributed by atoms with Crippen LogP contribution in [0.25, 0.3) is 0 Å². The highest BCUT2D eigenvalue weighted by Crippen LogP contribution is 2.29. The standard InChI is InChI=1S/C24H28N4O7/c1-13(29)19-16(20(30)28-22(25)26)6-5-7-18(19)34-15-10-8-14(9-11-15)12-17(21(31)32)27-23(33)35-24(2,3)4/h5-11,17H,12H2,1-4H3,(H,27,33)(H,31,32)(H4,25,26,28,30)/t17-/m0/s1. The summed E-state index contributed by atoms with van der Waals surface area (Å²) in [6.45, 7) is 6.29. The normalized spacial score (nSPS) is 11.7. The largest absolute Gasteiger partial charge is 0.480 e. The van der Waals surface area contributed by atoms with Crippen molar-refractivity contribution in [3.63, 3.8) is 0 Å². The van der Waals surface area contributed by atoms with Gasteiger partial charge in [0.15, 0.2) is 11.7 Å². The second-order valence-electron chi connectivity index (χ2n) is 8.59. The average Bonchev–Trinajstić information content (AvgIpc) is 2.72. The molecule has 2 aromatic rings. The van der Waals surface area contributed by atoms with Crippen molar-refractivity contribution in [1.82, 2.24) is 10.6 Å². The number of nitrogens with one attached hydrogen (secondary N) is 3. The molecule has 0 unspecified atom stereocenters. The van der Waals surface area contributed by atoms with E-state index < -0.39 is 41.4 Å². The van der Waals surface area contributed by atoms with Gasteiger partial charge >= 0.3 is 12.1 Å². The number of hydrogen-bond donors (Lipinski definition) is 5. The van der Waals surface area contributed by atoms with E-state index in [4.69, 9.17) is 20.6 Å². The van der Waals surface area contributed by atoms with Crippen molar-refractivity contribution in [2.75, 3.05) is 0 Å². The Morgan fingerprint density at radius 2 is 1.71 bits per heavy atom. The number of nitrogens with two attached hydrogens (primary N) is 1. The maximum atomic E-state index is 12.3. The molecule has 0 saturated heterocycles. The number of Topliss-reactive ketones (excluding diaryl/α,β-unsaturated/α-hetero) is 1. The summed E-state index contributed by atoms with van der Waals surface area (Å²) >= 11 is 0. The molecule has 0 aliphatic heterocycles. The van der Waals surface area contributed by atoms with Crippen LogP contribution in [0.2, 0.25) is 0 Å². The van der Waals surface area contributed by atoms with E-state index in [0.29, 0.717) is 11.3 Å². The van der Waals surface area contributed by atoms with Crippen LogP contribution in [-0.2, 0) is 16.0 Å². The molecule has 0 radical (unpaired) electrons. The topological polar surface area (TPSA) is 181 Å². The van der Waals surface area contributed by atoms with Crippen LogP contribution in [-0.4, -0.2) is 46.5 Å². The Balaban J connectivity index is 2.19. The third-order valence-corrected chi connectivity index (χ3v) is 4.45. The summed E-state index contributed by atoms with van der Waals surface area (Å²) < 4.78 is 10.9. The van der Waals surface area contributed by atoms with Gasteiger partial charge in [-0.1, -0.05) is 18.2 Å². The SMILES string of the molecule is CC(=O)c1c(Oc2ccc(C[C@H](NC(=O)OC(C)(C)C)C(=O)O)cc2)cccc1C(=O)NC(=N)N. The average molecular weight is 485 g/mol. The van der Waals surface area contributed by atoms with E-state index in [9.17, 15) is 24.3 Å². The van der Waals surface area contributed by atoms with Crippen molar-refractivity contribution < 1.29 is 33.8 Å². The number of benzene rings is 2. The quantitative estimate of drug-likeness (QED) is 0.215. The second kappa shape index (κ2) is 11.1. The Morgan fingerprint density at radius 3 is 2.23 bits per heavy atom. The first kappa shape index (κ1) is 26.8. The van der Waals surface area contributed by atoms with E-state index in [0.717, 1.165) is 0 Å². The van der Waals surface area contributed by atoms with Crippen LogP contribution in [0.5, 0.6) is 11.5 Å². The minimum Gasteiger partial charge on any atom is -0.480 e. The summed E-state index contributed by atoms with van der Waals surface area (Å²) in [5.41, 5.74) is 5.05. The smallest absolute Gasteiger partial charge is 0.408 e. The van der Waals surface area contributed by atoms with Gasteiger partial charge in [-0.25, -0.2) is 9.59 Å². The van der Waals surface area contributed by atoms with Crippen molar-refractivity contribution in [2.45, 2.75) is 45.8 Å². The zero-order valence-corrected chi connectivity index (χ0v) is 19.8. The summed E-state index contributed by atoms with van der Waals surface area (Å²) in [5.74, 6) is -2.48. The molecule has 0 saturated carbocycles. The summed E-state index contributed by atoms with van der Waals surface area (Å²) in [6, 6.07) is 9.59. The molecule has 2 rings (SSSR count). The van der Waals surface area contributed by atoms with Crippen molar-refractivity contribution in [3.8, 4) is 11.5 Å². The van der Waals surface area contributed by atoms with Gasteiger partial charge in [0.05, 0.1) is 11.1 Å². The number of guanidine groups is 1. The lowest BCUT2D eigenvalue weighted by Crippen LogP contribution is -2.44. The lowest BCUT2D eigenvalue weighted by molar-refractivity contribution is -0.139. The number of hydrogen-bond acceptors (Lipinski definition) is 7. The third-order valence-electron chi connectivity index (χ3n) is 4.45. The third kappa shape index (κ3) is 8.14. The zero-order valence-electron chi connectivity index (χ0n) is 19.8. The van der Waals surface area contributed by atoms with Gasteiger partial charge in [-0.3, -0.25) is 20.3 Å². The summed E-state index contributed by atoms with van der Waals surface area (Å²) in [4.78, 5) is 48.1. The predicted molar refractivity (Wildman–Crippen MR) is 127 cm³/mol. The lowest BCUT2D eigenvalue weighted by Gasteiger charge is -2.22. The van der Waals surface area contributed by atoms with Gasteiger partial charge in [0.1, 0.15) is 23.1 Å². The minimum atomic E-state index is -1.22. The van der Waals surface area contributed by atoms with Crippen LogP contribution in [0.1, 0.15) is 54.0 Å². The highest BCUT2D eigenvalue weighted by Gasteiger charge is 2.24. The van der Waals surface area contributed by atoms with Gasteiger partial charge in [0.2, 0.25) is 0 Å². The summed E-state index contributed by atoms with van der Waals surface area (Å²) in [6.07, 6.45) is -0.843. The number of alkyl carbamates (subject to hydrolysis) is 1. The number of carboxylic acids is 1. The molecule has 186 valence electrons. The molecule has 35 heavy (non-hydrogen) atoms. The van der Waals surface area contributed by atoms with Gasteiger partial charge in [-0.05, 0) is 57.5 Å². The maximum Gasteiger partial charge on any atom is 0.408 e. The monoisotopic (exact) mass is 484 g/mol. The molecule has 0 fully saturated rings. The first-order chi connectivity index (χ1) is 16.3. The second-order valence-corrected chi connectivity index (χ2v) is 8.59. The number of aliphatic carboxylic acids is 1. The molecule has 0 heterocycles. The number of ether oxygens (including phenoxy) is 2. The van der Waals surface area contributed by atoms with Gasteiger partial charge in [0.25, 0.3) is 5.91 Å². The van der Waals surface area contributed by atoms with Crippen molar-refractivity contribution in [1.29, 1.82) is 5.41 Å². The molecule has 2 amide bonds. The number of rotatable bonds is 8. The minimum absolute atomic E-state index is 0.000613. The van der Waals surface area contributed by atoms with Crippen LogP contribution in [0.4, 0.5) is 4.79 Å². The molecular formula is C24H28N4O7. The molecule has 1 atom stereocenters. The first-order valence-corrected chi connectivity index (χ1v) is 10.5. The van der Waals surface area contributed by atoms with E-state index in [-0.39, 0.29) is 23.3 Å². The number of carboxylic acid groups (broad SMARTS) is 1. The fourth-order valence-corrected chi connectivity index (χ4v) is 3.06. The van der Waals surface area contributed by atoms with E-state index in [1.807, 2.05) is 0 Å². The lowest BCUT2D eigenvalue weighted by atomic mass is 10.0. The number of amides is 2. The van der Waals surface area contributed by atoms with Gasteiger partial charge < -0.3 is 25.6 Å². The van der Waals surface area contributed by atoms with Gasteiger partial charge in [-0.15, -0.1) is 0 Å². The molecule has 6 N–H and O–H groups in total. The molecule has 11 nitrogen and oxygen atoms in total. The Kier molecular flexibility index (Phi) is 8.54. The van der Waals surface area contributed by atoms with Crippen molar-refractivity contribution in [2.24, 2.45) is 5.73 Å². The van der Waals surface area contributed by atoms with E-state index >= 15 is 0 Å². The number of ketones is 1. The molecule has 0 spiro atoms. The van der Waals surface area contributed by atoms with E-state index in [1.165, 1.54) is 25.1 Å². The molecule has 0 aliphatic carbocycles. The van der Waals surface area contributed by atoms with Crippen LogP contribution < -0.4 is 21.1 Å². The van der Waals surface area contributed by atoms with Crippen LogP contribution in [0.15, 0.2) is 42.5 Å². The number of carbonyl (C=O) groups excluding carboxylic acids is 3. The molecule has 2 aromatic carbocycles. The fourth-order valence-electron chi connectivity index (χ4n) is 3.06. The Morgan fingerprint density at radius 1 is 1.09 bits per heavy atom. The summed E-state index contributed by atoms with van der Waals surface area (Å²) in [5, 5.41) is 21.1. The van der Waals surface area contributed by atoms with Gasteiger partial charge in [0, 0.05) is 6.42 Å². The van der Waals surface area contributed by atoms with E-state index in [2.05, 4.69) is 10.6 Å². The summed E-state index contributed by atoms with van der Waals surface area (Å²) in [7, 11) is 0. The van der Waals surface area contributed by atoms with Crippen LogP contribution >= 0.6 is 0 Å².